The second-order valence-corrected chi connectivity index (χ2v) is 4.59. The van der Waals surface area contributed by atoms with E-state index >= 15 is 0 Å². The molecule has 1 fully saturated rings. The van der Waals surface area contributed by atoms with Crippen molar-refractivity contribution in [3.63, 3.8) is 0 Å². The fourth-order valence-electron chi connectivity index (χ4n) is 2.04. The molecule has 1 saturated carbocycles. The van der Waals surface area contributed by atoms with Crippen LogP contribution in [0.5, 0.6) is 0 Å². The second kappa shape index (κ2) is 4.40. The second-order valence-electron chi connectivity index (χ2n) is 4.59. The van der Waals surface area contributed by atoms with E-state index in [1.807, 2.05) is 25.6 Å². The van der Waals surface area contributed by atoms with Crippen molar-refractivity contribution in [1.29, 1.82) is 0 Å². The topological polar surface area (TPSA) is 55.6 Å². The molecule has 0 aliphatic heterocycles. The maximum atomic E-state index is 4.60. The van der Waals surface area contributed by atoms with Crippen molar-refractivity contribution >= 4 is 5.82 Å². The lowest BCUT2D eigenvalue weighted by Crippen LogP contribution is -2.03. The van der Waals surface area contributed by atoms with Gasteiger partial charge in [-0.05, 0) is 19.3 Å². The van der Waals surface area contributed by atoms with Gasteiger partial charge in [0.1, 0.15) is 11.5 Å². The van der Waals surface area contributed by atoms with E-state index in [-0.39, 0.29) is 0 Å². The van der Waals surface area contributed by atoms with Gasteiger partial charge < -0.3 is 9.88 Å². The molecule has 3 rings (SSSR count). The Morgan fingerprint density at radius 2 is 2.22 bits per heavy atom. The fraction of sp³-hybridized carbons (Fsp3) is 0.462. The molecule has 2 aromatic rings. The Kier molecular flexibility index (Phi) is 2.74. The molecule has 0 spiro atoms. The minimum absolute atomic E-state index is 0.592. The molecule has 18 heavy (non-hydrogen) atoms. The van der Waals surface area contributed by atoms with Crippen molar-refractivity contribution in [3.05, 3.63) is 24.3 Å². The quantitative estimate of drug-likeness (QED) is 0.895. The normalized spacial score (nSPS) is 14.8. The molecule has 5 nitrogen and oxygen atoms in total. The van der Waals surface area contributed by atoms with Crippen molar-refractivity contribution in [1.82, 2.24) is 19.5 Å². The Balaban J connectivity index is 2.06. The van der Waals surface area contributed by atoms with E-state index in [2.05, 4.69) is 31.8 Å². The van der Waals surface area contributed by atoms with Crippen molar-refractivity contribution in [2.45, 2.75) is 32.2 Å². The number of aromatic nitrogens is 4. The van der Waals surface area contributed by atoms with Gasteiger partial charge in [-0.15, -0.1) is 0 Å². The molecule has 0 aromatic carbocycles. The van der Waals surface area contributed by atoms with E-state index in [4.69, 9.17) is 0 Å². The van der Waals surface area contributed by atoms with Crippen LogP contribution in [-0.4, -0.2) is 26.6 Å². The van der Waals surface area contributed by atoms with Crippen LogP contribution in [0.1, 0.15) is 31.5 Å². The summed E-state index contributed by atoms with van der Waals surface area (Å²) in [7, 11) is 1.88. The van der Waals surface area contributed by atoms with Crippen LogP contribution in [-0.2, 0) is 6.42 Å². The zero-order valence-electron chi connectivity index (χ0n) is 10.7. The van der Waals surface area contributed by atoms with Gasteiger partial charge in [-0.3, -0.25) is 0 Å². The van der Waals surface area contributed by atoms with Gasteiger partial charge in [0.2, 0.25) is 0 Å². The maximum Gasteiger partial charge on any atom is 0.180 e. The first kappa shape index (κ1) is 11.2. The summed E-state index contributed by atoms with van der Waals surface area (Å²) >= 11 is 0. The number of aryl methyl sites for hydroxylation is 1. The number of nitrogens with zero attached hydrogens (tertiary/aromatic N) is 4. The monoisotopic (exact) mass is 243 g/mol. The molecule has 1 aliphatic carbocycles. The van der Waals surface area contributed by atoms with E-state index in [1.165, 1.54) is 12.8 Å². The molecular weight excluding hydrogens is 226 g/mol. The third kappa shape index (κ3) is 1.96. The maximum absolute atomic E-state index is 4.60. The standard InChI is InChI=1S/C13H17N5/c1-3-9-6-12(14-2)17-13(16-9)11-7-15-8-18(11)10-4-5-10/h6-8,10H,3-5H2,1-2H3,(H,14,16,17). The lowest BCUT2D eigenvalue weighted by atomic mass is 10.3. The van der Waals surface area contributed by atoms with Crippen molar-refractivity contribution in [3.8, 4) is 11.5 Å². The number of nitrogens with one attached hydrogen (secondary N) is 1. The summed E-state index contributed by atoms with van der Waals surface area (Å²) in [6, 6.07) is 2.58. The molecule has 2 heterocycles. The first-order chi connectivity index (χ1) is 8.81. The Hall–Kier alpha value is -1.91. The van der Waals surface area contributed by atoms with E-state index in [0.717, 1.165) is 29.5 Å². The zero-order chi connectivity index (χ0) is 12.5. The summed E-state index contributed by atoms with van der Waals surface area (Å²) in [6.45, 7) is 2.10. The van der Waals surface area contributed by atoms with Crippen LogP contribution in [0, 0.1) is 0 Å². The van der Waals surface area contributed by atoms with Crippen LogP contribution < -0.4 is 5.32 Å². The summed E-state index contributed by atoms with van der Waals surface area (Å²) in [5, 5.41) is 3.09. The van der Waals surface area contributed by atoms with Crippen LogP contribution in [0.25, 0.3) is 11.5 Å². The molecule has 0 saturated heterocycles. The number of hydrogen-bond acceptors (Lipinski definition) is 4. The summed E-state index contributed by atoms with van der Waals surface area (Å²) in [5.74, 6) is 1.63. The average molecular weight is 243 g/mol. The lowest BCUT2D eigenvalue weighted by Gasteiger charge is -2.08. The Morgan fingerprint density at radius 1 is 1.39 bits per heavy atom. The van der Waals surface area contributed by atoms with Crippen LogP contribution in [0.2, 0.25) is 0 Å². The molecule has 0 bridgehead atoms. The largest absolute Gasteiger partial charge is 0.373 e. The SMILES string of the molecule is CCc1cc(NC)nc(-c2cncn2C2CC2)n1. The Bertz CT molecular complexity index is 534. The minimum Gasteiger partial charge on any atom is -0.373 e. The fourth-order valence-corrected chi connectivity index (χ4v) is 2.04. The molecule has 94 valence electrons. The summed E-state index contributed by atoms with van der Waals surface area (Å²) in [5.41, 5.74) is 2.07. The van der Waals surface area contributed by atoms with E-state index < -0.39 is 0 Å². The highest BCUT2D eigenvalue weighted by Crippen LogP contribution is 2.37. The van der Waals surface area contributed by atoms with Gasteiger partial charge >= 0.3 is 0 Å². The van der Waals surface area contributed by atoms with Gasteiger partial charge in [-0.1, -0.05) is 6.92 Å². The highest BCUT2D eigenvalue weighted by Gasteiger charge is 2.26. The predicted molar refractivity (Wildman–Crippen MR) is 70.4 cm³/mol. The van der Waals surface area contributed by atoms with Gasteiger partial charge in [0.15, 0.2) is 5.82 Å². The van der Waals surface area contributed by atoms with E-state index in [9.17, 15) is 0 Å². The van der Waals surface area contributed by atoms with Crippen molar-refractivity contribution in [2.24, 2.45) is 0 Å². The molecule has 0 radical (unpaired) electrons. The molecular formula is C13H17N5. The van der Waals surface area contributed by atoms with Gasteiger partial charge in [0.25, 0.3) is 0 Å². The third-order valence-corrected chi connectivity index (χ3v) is 3.23. The van der Waals surface area contributed by atoms with Crippen LogP contribution in [0.15, 0.2) is 18.6 Å². The van der Waals surface area contributed by atoms with E-state index in [0.29, 0.717) is 6.04 Å². The molecule has 0 amide bonds. The average Bonchev–Trinajstić information content (AvgIpc) is 3.15. The predicted octanol–water partition coefficient (Wildman–Crippen LogP) is 2.28. The smallest absolute Gasteiger partial charge is 0.180 e. The highest BCUT2D eigenvalue weighted by atomic mass is 15.1. The van der Waals surface area contributed by atoms with Gasteiger partial charge in [-0.2, -0.15) is 0 Å². The number of anilines is 1. The van der Waals surface area contributed by atoms with Crippen molar-refractivity contribution in [2.75, 3.05) is 12.4 Å². The Labute approximate surface area is 106 Å². The number of rotatable bonds is 4. The third-order valence-electron chi connectivity index (χ3n) is 3.23. The molecule has 2 aromatic heterocycles. The molecule has 5 heteroatoms. The molecule has 1 aliphatic rings. The Morgan fingerprint density at radius 3 is 2.89 bits per heavy atom. The first-order valence-electron chi connectivity index (χ1n) is 6.39. The highest BCUT2D eigenvalue weighted by molar-refractivity contribution is 5.53. The lowest BCUT2D eigenvalue weighted by molar-refractivity contribution is 0.742. The number of hydrogen-bond donors (Lipinski definition) is 1. The summed E-state index contributed by atoms with van der Waals surface area (Å²) in [6.07, 6.45) is 7.10. The van der Waals surface area contributed by atoms with E-state index in [1.54, 1.807) is 0 Å². The van der Waals surface area contributed by atoms with Crippen LogP contribution in [0.4, 0.5) is 5.82 Å². The van der Waals surface area contributed by atoms with Gasteiger partial charge in [0.05, 0.1) is 12.5 Å². The first-order valence-corrected chi connectivity index (χ1v) is 6.39. The van der Waals surface area contributed by atoms with Crippen molar-refractivity contribution < 1.29 is 0 Å². The molecule has 1 N–H and O–H groups in total. The van der Waals surface area contributed by atoms with Crippen LogP contribution in [0.3, 0.4) is 0 Å². The summed E-state index contributed by atoms with van der Waals surface area (Å²) < 4.78 is 2.19. The van der Waals surface area contributed by atoms with Crippen LogP contribution >= 0.6 is 0 Å². The summed E-state index contributed by atoms with van der Waals surface area (Å²) in [4.78, 5) is 13.4. The minimum atomic E-state index is 0.592. The molecule has 0 unspecified atom stereocenters. The molecule has 0 atom stereocenters. The van der Waals surface area contributed by atoms with Gasteiger partial charge in [0, 0.05) is 24.8 Å². The zero-order valence-corrected chi connectivity index (χ0v) is 10.7. The number of imidazole rings is 1. The van der Waals surface area contributed by atoms with Gasteiger partial charge in [-0.25, -0.2) is 15.0 Å².